The van der Waals surface area contributed by atoms with Gasteiger partial charge in [0.05, 0.1) is 25.2 Å². The van der Waals surface area contributed by atoms with E-state index in [2.05, 4.69) is 47.0 Å². The summed E-state index contributed by atoms with van der Waals surface area (Å²) in [6, 6.07) is 15.6. The van der Waals surface area contributed by atoms with E-state index in [1.54, 1.807) is 14.2 Å². The summed E-state index contributed by atoms with van der Waals surface area (Å²) in [5.74, 6) is 2.46. The van der Waals surface area contributed by atoms with Crippen molar-refractivity contribution in [2.45, 2.75) is 51.5 Å². The van der Waals surface area contributed by atoms with Crippen molar-refractivity contribution in [2.75, 3.05) is 14.2 Å². The minimum atomic E-state index is 0.807. The lowest BCUT2D eigenvalue weighted by Crippen LogP contribution is -2.45. The summed E-state index contributed by atoms with van der Waals surface area (Å²) in [6.45, 7) is 1.03. The van der Waals surface area contributed by atoms with Crippen LogP contribution >= 0.6 is 0 Å². The molecule has 0 N–H and O–H groups in total. The van der Waals surface area contributed by atoms with Gasteiger partial charge in [0.2, 0.25) is 5.69 Å². The van der Waals surface area contributed by atoms with Gasteiger partial charge in [-0.2, -0.15) is 4.57 Å². The Bertz CT molecular complexity index is 1050. The van der Waals surface area contributed by atoms with Gasteiger partial charge in [0.1, 0.15) is 0 Å². The molecule has 3 nitrogen and oxygen atoms in total. The van der Waals surface area contributed by atoms with Crippen LogP contribution in [-0.2, 0) is 19.4 Å². The summed E-state index contributed by atoms with van der Waals surface area (Å²) in [5, 5.41) is 2.67. The van der Waals surface area contributed by atoms with E-state index in [0.717, 1.165) is 30.4 Å². The highest BCUT2D eigenvalue weighted by Crippen LogP contribution is 2.39. The van der Waals surface area contributed by atoms with E-state index in [1.165, 1.54) is 71.8 Å². The molecule has 0 spiro atoms. The zero-order valence-corrected chi connectivity index (χ0v) is 17.5. The van der Waals surface area contributed by atoms with E-state index in [9.17, 15) is 0 Å². The van der Waals surface area contributed by atoms with Crippen LogP contribution in [0, 0.1) is 5.92 Å². The average Bonchev–Trinajstić information content (AvgIpc) is 2.78. The minimum Gasteiger partial charge on any atom is -0.493 e. The highest BCUT2D eigenvalue weighted by Gasteiger charge is 2.31. The highest BCUT2D eigenvalue weighted by atomic mass is 16.5. The summed E-state index contributed by atoms with van der Waals surface area (Å²) in [4.78, 5) is 0. The molecule has 0 amide bonds. The molecular weight excluding hydrogens is 358 g/mol. The first-order valence-corrected chi connectivity index (χ1v) is 11.0. The molecule has 1 aromatic heterocycles. The van der Waals surface area contributed by atoms with Crippen LogP contribution < -0.4 is 14.0 Å². The maximum absolute atomic E-state index is 5.65. The zero-order valence-electron chi connectivity index (χ0n) is 17.5. The number of aromatic nitrogens is 1. The number of nitrogens with zero attached hydrogens (tertiary/aromatic N) is 1. The molecule has 1 saturated carbocycles. The molecule has 29 heavy (non-hydrogen) atoms. The fraction of sp³-hybridized carbons (Fsp3) is 0.423. The number of rotatable bonds is 4. The van der Waals surface area contributed by atoms with Gasteiger partial charge < -0.3 is 9.47 Å². The van der Waals surface area contributed by atoms with Crippen molar-refractivity contribution in [3.8, 4) is 22.8 Å². The number of hydrogen-bond donors (Lipinski definition) is 0. The molecule has 0 atom stereocenters. The molecular formula is C26H30NO2+. The van der Waals surface area contributed by atoms with E-state index >= 15 is 0 Å². The van der Waals surface area contributed by atoms with Crippen molar-refractivity contribution in [3.05, 3.63) is 53.7 Å². The van der Waals surface area contributed by atoms with E-state index in [0.29, 0.717) is 0 Å². The monoisotopic (exact) mass is 388 g/mol. The molecule has 0 radical (unpaired) electrons. The second-order valence-electron chi connectivity index (χ2n) is 8.55. The molecule has 5 rings (SSSR count). The van der Waals surface area contributed by atoms with Crippen molar-refractivity contribution >= 4 is 10.8 Å². The summed E-state index contributed by atoms with van der Waals surface area (Å²) in [6.07, 6.45) is 9.18. The largest absolute Gasteiger partial charge is 0.493 e. The van der Waals surface area contributed by atoms with Gasteiger partial charge in [-0.25, -0.2) is 0 Å². The molecule has 1 fully saturated rings. The van der Waals surface area contributed by atoms with Gasteiger partial charge in [0.15, 0.2) is 23.7 Å². The SMILES string of the molecule is COc1cc2c(cc1OC)-c1c3ccccc3cc(CC3CCCCC3)[n+]1CC2. The van der Waals surface area contributed by atoms with Crippen molar-refractivity contribution in [3.63, 3.8) is 0 Å². The van der Waals surface area contributed by atoms with Crippen LogP contribution in [0.15, 0.2) is 42.5 Å². The van der Waals surface area contributed by atoms with Crippen LogP contribution in [0.5, 0.6) is 11.5 Å². The van der Waals surface area contributed by atoms with Gasteiger partial charge in [-0.15, -0.1) is 0 Å². The number of ether oxygens (including phenoxy) is 2. The normalized spacial score (nSPS) is 16.3. The standard InChI is InChI=1S/C26H30NO2/c1-28-24-16-20-12-13-27-21(14-18-8-4-3-5-9-18)15-19-10-6-7-11-22(19)26(27)23(20)17-25(24)29-2/h6-7,10-11,15-18H,3-5,8-9,12-14H2,1-2H3/q+1. The number of methoxy groups -OCH3 is 2. The first kappa shape index (κ1) is 18.5. The maximum Gasteiger partial charge on any atom is 0.221 e. The second kappa shape index (κ2) is 7.70. The number of benzene rings is 2. The van der Waals surface area contributed by atoms with Crippen LogP contribution in [-0.4, -0.2) is 14.2 Å². The van der Waals surface area contributed by atoms with Gasteiger partial charge in [-0.3, -0.25) is 0 Å². The lowest BCUT2D eigenvalue weighted by Gasteiger charge is -2.24. The Labute approximate surface area is 173 Å². The zero-order chi connectivity index (χ0) is 19.8. The topological polar surface area (TPSA) is 22.3 Å². The van der Waals surface area contributed by atoms with Gasteiger partial charge in [0, 0.05) is 18.9 Å². The summed E-state index contributed by atoms with van der Waals surface area (Å²) in [7, 11) is 3.44. The molecule has 2 aromatic carbocycles. The highest BCUT2D eigenvalue weighted by molar-refractivity contribution is 5.94. The van der Waals surface area contributed by atoms with Crippen LogP contribution in [0.4, 0.5) is 0 Å². The minimum absolute atomic E-state index is 0.807. The Kier molecular flexibility index (Phi) is 4.91. The average molecular weight is 389 g/mol. The number of aryl methyl sites for hydroxylation is 1. The van der Waals surface area contributed by atoms with Crippen LogP contribution in [0.1, 0.15) is 43.4 Å². The van der Waals surface area contributed by atoms with Gasteiger partial charge in [-0.1, -0.05) is 37.5 Å². The molecule has 150 valence electrons. The Morgan fingerprint density at radius 3 is 2.48 bits per heavy atom. The van der Waals surface area contributed by atoms with Crippen molar-refractivity contribution in [1.82, 2.24) is 0 Å². The third-order valence-corrected chi connectivity index (χ3v) is 6.85. The molecule has 2 heterocycles. The fourth-order valence-electron chi connectivity index (χ4n) is 5.37. The lowest BCUT2D eigenvalue weighted by atomic mass is 9.85. The third kappa shape index (κ3) is 3.27. The van der Waals surface area contributed by atoms with E-state index in [-0.39, 0.29) is 0 Å². The van der Waals surface area contributed by atoms with Crippen LogP contribution in [0.2, 0.25) is 0 Å². The van der Waals surface area contributed by atoms with Crippen molar-refractivity contribution in [1.29, 1.82) is 0 Å². The molecule has 1 aliphatic carbocycles. The van der Waals surface area contributed by atoms with Crippen LogP contribution in [0.3, 0.4) is 0 Å². The number of hydrogen-bond acceptors (Lipinski definition) is 2. The maximum atomic E-state index is 5.65. The lowest BCUT2D eigenvalue weighted by molar-refractivity contribution is -0.694. The second-order valence-corrected chi connectivity index (χ2v) is 8.55. The van der Waals surface area contributed by atoms with E-state index in [4.69, 9.17) is 9.47 Å². The van der Waals surface area contributed by atoms with Crippen molar-refractivity contribution < 1.29 is 14.0 Å². The van der Waals surface area contributed by atoms with Gasteiger partial charge >= 0.3 is 0 Å². The molecule has 1 aliphatic heterocycles. The van der Waals surface area contributed by atoms with Crippen LogP contribution in [0.25, 0.3) is 22.0 Å². The first-order valence-electron chi connectivity index (χ1n) is 11.0. The van der Waals surface area contributed by atoms with Gasteiger partial charge in [-0.05, 0) is 47.9 Å². The number of pyridine rings is 1. The quantitative estimate of drug-likeness (QED) is 0.552. The first-order chi connectivity index (χ1) is 14.3. The number of fused-ring (bicyclic) bond motifs is 5. The third-order valence-electron chi connectivity index (χ3n) is 6.85. The summed E-state index contributed by atoms with van der Waals surface area (Å²) < 4.78 is 13.8. The Hall–Kier alpha value is -2.55. The molecule has 0 bridgehead atoms. The van der Waals surface area contributed by atoms with E-state index in [1.807, 2.05) is 0 Å². The Morgan fingerprint density at radius 2 is 1.69 bits per heavy atom. The Balaban J connectivity index is 1.70. The molecule has 0 unspecified atom stereocenters. The predicted molar refractivity (Wildman–Crippen MR) is 117 cm³/mol. The summed E-state index contributed by atoms with van der Waals surface area (Å²) >= 11 is 0. The Morgan fingerprint density at radius 1 is 0.931 bits per heavy atom. The molecule has 3 heteroatoms. The van der Waals surface area contributed by atoms with Crippen molar-refractivity contribution in [2.24, 2.45) is 5.92 Å². The van der Waals surface area contributed by atoms with Gasteiger partial charge in [0.25, 0.3) is 0 Å². The molecule has 2 aliphatic rings. The smallest absolute Gasteiger partial charge is 0.221 e. The fourth-order valence-corrected chi connectivity index (χ4v) is 5.37. The molecule has 0 saturated heterocycles. The van der Waals surface area contributed by atoms with E-state index < -0.39 is 0 Å². The summed E-state index contributed by atoms with van der Waals surface area (Å²) in [5.41, 5.74) is 5.47. The predicted octanol–water partition coefficient (Wildman–Crippen LogP) is 5.49. The molecule has 3 aromatic rings.